The van der Waals surface area contributed by atoms with Crippen LogP contribution in [-0.4, -0.2) is 5.33 Å². The van der Waals surface area contributed by atoms with E-state index in [-0.39, 0.29) is 0 Å². The van der Waals surface area contributed by atoms with Crippen LogP contribution < -0.4 is 0 Å². The molecule has 1 atom stereocenters. The first-order chi connectivity index (χ1) is 7.29. The minimum absolute atomic E-state index is 0.560. The van der Waals surface area contributed by atoms with Gasteiger partial charge in [0.2, 0.25) is 0 Å². The van der Waals surface area contributed by atoms with Crippen LogP contribution in [0, 0.1) is 0 Å². The fourth-order valence-electron chi connectivity index (χ4n) is 1.76. The van der Waals surface area contributed by atoms with E-state index in [1.54, 1.807) is 0 Å². The monoisotopic (exact) mass is 288 g/mol. The highest BCUT2D eigenvalue weighted by Crippen LogP contribution is 2.29. The lowest BCUT2D eigenvalue weighted by Crippen LogP contribution is -2.01. The van der Waals surface area contributed by atoms with Gasteiger partial charge in [-0.15, -0.1) is 0 Å². The number of halogens is 2. The lowest BCUT2D eigenvalue weighted by atomic mass is 9.95. The summed E-state index contributed by atoms with van der Waals surface area (Å²) in [4.78, 5) is 0. The molecule has 0 N–H and O–H groups in total. The highest BCUT2D eigenvalue weighted by Gasteiger charge is 2.12. The normalized spacial score (nSPS) is 12.7. The molecule has 0 radical (unpaired) electrons. The lowest BCUT2D eigenvalue weighted by Gasteiger charge is -2.15. The number of hydrogen-bond donors (Lipinski definition) is 0. The van der Waals surface area contributed by atoms with Crippen molar-refractivity contribution in [2.24, 2.45) is 0 Å². The zero-order valence-electron chi connectivity index (χ0n) is 9.18. The van der Waals surface area contributed by atoms with Gasteiger partial charge in [0, 0.05) is 10.4 Å². The maximum atomic E-state index is 6.19. The molecule has 0 aliphatic rings. The van der Waals surface area contributed by atoms with Crippen molar-refractivity contribution < 1.29 is 0 Å². The molecule has 0 spiro atoms. The van der Waals surface area contributed by atoms with Crippen molar-refractivity contribution in [3.8, 4) is 0 Å². The lowest BCUT2D eigenvalue weighted by molar-refractivity contribution is 0.605. The Hall–Kier alpha value is -0.0100. The molecule has 0 fully saturated rings. The molecule has 1 aromatic rings. The first-order valence-electron chi connectivity index (χ1n) is 5.60. The van der Waals surface area contributed by atoms with Crippen LogP contribution in [0.5, 0.6) is 0 Å². The second kappa shape index (κ2) is 7.29. The molecule has 0 aliphatic carbocycles. The van der Waals surface area contributed by atoms with Crippen molar-refractivity contribution in [2.45, 2.75) is 38.5 Å². The van der Waals surface area contributed by atoms with Crippen molar-refractivity contribution >= 4 is 27.5 Å². The van der Waals surface area contributed by atoms with E-state index in [9.17, 15) is 0 Å². The van der Waals surface area contributed by atoms with Crippen LogP contribution in [0.1, 0.15) is 44.1 Å². The Bertz CT molecular complexity index is 286. The molecule has 0 heterocycles. The van der Waals surface area contributed by atoms with E-state index in [0.29, 0.717) is 5.92 Å². The van der Waals surface area contributed by atoms with Gasteiger partial charge in [0.25, 0.3) is 0 Å². The Morgan fingerprint density at radius 2 is 2.00 bits per heavy atom. The van der Waals surface area contributed by atoms with Crippen LogP contribution in [0.15, 0.2) is 24.3 Å². The molecule has 2 heteroatoms. The fourth-order valence-corrected chi connectivity index (χ4v) is 2.73. The molecule has 1 rings (SSSR count). The van der Waals surface area contributed by atoms with Crippen molar-refractivity contribution in [3.63, 3.8) is 0 Å². The Balaban J connectivity index is 2.61. The maximum absolute atomic E-state index is 6.19. The number of hydrogen-bond acceptors (Lipinski definition) is 0. The van der Waals surface area contributed by atoms with Gasteiger partial charge in [0.1, 0.15) is 0 Å². The van der Waals surface area contributed by atoms with E-state index in [1.165, 1.54) is 31.2 Å². The Morgan fingerprint density at radius 1 is 1.27 bits per heavy atom. The van der Waals surface area contributed by atoms with Gasteiger partial charge in [-0.2, -0.15) is 0 Å². The number of alkyl halides is 1. The number of benzene rings is 1. The maximum Gasteiger partial charge on any atom is 0.0441 e. The predicted octanol–water partition coefficient (Wildman–Crippen LogP) is 5.40. The van der Waals surface area contributed by atoms with E-state index in [2.05, 4.69) is 35.0 Å². The molecule has 0 aromatic heterocycles. The van der Waals surface area contributed by atoms with Crippen LogP contribution in [-0.2, 0) is 0 Å². The van der Waals surface area contributed by atoms with Gasteiger partial charge < -0.3 is 0 Å². The molecule has 0 saturated heterocycles. The molecule has 0 amide bonds. The second-order valence-corrected chi connectivity index (χ2v) is 4.92. The molecular formula is C13H18BrCl. The topological polar surface area (TPSA) is 0 Å². The van der Waals surface area contributed by atoms with Gasteiger partial charge in [-0.1, -0.05) is 71.9 Å². The minimum atomic E-state index is 0.560. The SMILES string of the molecule is CCCCCC(CBr)c1ccccc1Cl. The average molecular weight is 290 g/mol. The van der Waals surface area contributed by atoms with Crippen LogP contribution in [0.3, 0.4) is 0 Å². The molecular weight excluding hydrogens is 272 g/mol. The van der Waals surface area contributed by atoms with E-state index in [4.69, 9.17) is 11.6 Å². The third-order valence-electron chi connectivity index (χ3n) is 2.69. The smallest absolute Gasteiger partial charge is 0.0441 e. The molecule has 15 heavy (non-hydrogen) atoms. The Kier molecular flexibility index (Phi) is 6.35. The van der Waals surface area contributed by atoms with Crippen molar-refractivity contribution in [2.75, 3.05) is 5.33 Å². The van der Waals surface area contributed by atoms with E-state index in [0.717, 1.165) is 10.4 Å². The zero-order valence-corrected chi connectivity index (χ0v) is 11.5. The first-order valence-corrected chi connectivity index (χ1v) is 7.10. The summed E-state index contributed by atoms with van der Waals surface area (Å²) in [6.07, 6.45) is 5.10. The van der Waals surface area contributed by atoms with Gasteiger partial charge in [-0.25, -0.2) is 0 Å². The molecule has 1 unspecified atom stereocenters. The van der Waals surface area contributed by atoms with Crippen LogP contribution in [0.25, 0.3) is 0 Å². The Labute approximate surface area is 106 Å². The van der Waals surface area contributed by atoms with Gasteiger partial charge in [0.05, 0.1) is 0 Å². The molecule has 84 valence electrons. The van der Waals surface area contributed by atoms with Gasteiger partial charge >= 0.3 is 0 Å². The van der Waals surface area contributed by atoms with E-state index in [1.807, 2.05) is 12.1 Å². The van der Waals surface area contributed by atoms with E-state index < -0.39 is 0 Å². The van der Waals surface area contributed by atoms with Crippen LogP contribution in [0.2, 0.25) is 5.02 Å². The molecule has 0 nitrogen and oxygen atoms in total. The summed E-state index contributed by atoms with van der Waals surface area (Å²) < 4.78 is 0. The summed E-state index contributed by atoms with van der Waals surface area (Å²) in [5.74, 6) is 0.560. The number of unbranched alkanes of at least 4 members (excludes halogenated alkanes) is 2. The minimum Gasteiger partial charge on any atom is -0.0921 e. The van der Waals surface area contributed by atoms with Gasteiger partial charge in [0.15, 0.2) is 0 Å². The van der Waals surface area contributed by atoms with Crippen molar-refractivity contribution in [1.82, 2.24) is 0 Å². The average Bonchev–Trinajstić information content (AvgIpc) is 2.26. The Morgan fingerprint density at radius 3 is 2.60 bits per heavy atom. The largest absolute Gasteiger partial charge is 0.0921 e. The molecule has 1 aromatic carbocycles. The number of rotatable bonds is 6. The molecule has 0 saturated carbocycles. The summed E-state index contributed by atoms with van der Waals surface area (Å²) in [6.45, 7) is 2.23. The van der Waals surface area contributed by atoms with Crippen LogP contribution in [0.4, 0.5) is 0 Å². The van der Waals surface area contributed by atoms with Crippen molar-refractivity contribution in [3.05, 3.63) is 34.9 Å². The predicted molar refractivity (Wildman–Crippen MR) is 72.1 cm³/mol. The second-order valence-electron chi connectivity index (χ2n) is 3.87. The molecule has 0 aliphatic heterocycles. The summed E-state index contributed by atoms with van der Waals surface area (Å²) in [5, 5.41) is 1.90. The zero-order chi connectivity index (χ0) is 11.1. The summed E-state index contributed by atoms with van der Waals surface area (Å²) in [6, 6.07) is 8.17. The van der Waals surface area contributed by atoms with Gasteiger partial charge in [-0.3, -0.25) is 0 Å². The fraction of sp³-hybridized carbons (Fsp3) is 0.538. The van der Waals surface area contributed by atoms with Crippen LogP contribution >= 0.6 is 27.5 Å². The third-order valence-corrected chi connectivity index (χ3v) is 3.81. The third kappa shape index (κ3) is 4.16. The standard InChI is InChI=1S/C13H18BrCl/c1-2-3-4-7-11(10-14)12-8-5-6-9-13(12)15/h5-6,8-9,11H,2-4,7,10H2,1H3. The first kappa shape index (κ1) is 13.1. The summed E-state index contributed by atoms with van der Waals surface area (Å²) in [5.41, 5.74) is 1.28. The highest BCUT2D eigenvalue weighted by molar-refractivity contribution is 9.09. The van der Waals surface area contributed by atoms with Crippen molar-refractivity contribution in [1.29, 1.82) is 0 Å². The molecule has 0 bridgehead atoms. The van der Waals surface area contributed by atoms with E-state index >= 15 is 0 Å². The quantitative estimate of drug-likeness (QED) is 0.486. The van der Waals surface area contributed by atoms with Gasteiger partial charge in [-0.05, 0) is 24.0 Å². The summed E-state index contributed by atoms with van der Waals surface area (Å²) >= 11 is 9.77. The summed E-state index contributed by atoms with van der Waals surface area (Å²) in [7, 11) is 0. The highest BCUT2D eigenvalue weighted by atomic mass is 79.9.